The maximum Gasteiger partial charge on any atom is 0.238 e. The summed E-state index contributed by atoms with van der Waals surface area (Å²) >= 11 is 2.20. The third-order valence-corrected chi connectivity index (χ3v) is 5.73. The highest BCUT2D eigenvalue weighted by Gasteiger charge is 2.61. The third-order valence-electron chi connectivity index (χ3n) is 5.06. The quantitative estimate of drug-likeness (QED) is 0.407. The van der Waals surface area contributed by atoms with Crippen molar-refractivity contribution >= 4 is 40.1 Å². The first kappa shape index (κ1) is 14.2. The van der Waals surface area contributed by atoms with Crippen molar-refractivity contribution in [3.63, 3.8) is 0 Å². The predicted octanol–water partition coefficient (Wildman–Crippen LogP) is 3.55. The van der Waals surface area contributed by atoms with Gasteiger partial charge in [0.25, 0.3) is 0 Å². The molecule has 4 heteroatoms. The number of carbonyl (C=O) groups excluding carboxylic acids is 2. The first-order valence-electron chi connectivity index (χ1n) is 7.49. The maximum absolute atomic E-state index is 12.9. The number of hydrogen-bond acceptors (Lipinski definition) is 2. The van der Waals surface area contributed by atoms with Crippen molar-refractivity contribution in [2.24, 2.45) is 23.7 Å². The van der Waals surface area contributed by atoms with Crippen LogP contribution in [0.25, 0.3) is 0 Å². The van der Waals surface area contributed by atoms with Gasteiger partial charge in [0.1, 0.15) is 0 Å². The molecule has 1 saturated heterocycles. The normalized spacial score (nSPS) is 32.1. The van der Waals surface area contributed by atoms with Crippen molar-refractivity contribution in [2.75, 3.05) is 4.90 Å². The molecule has 4 atom stereocenters. The third kappa shape index (κ3) is 1.73. The van der Waals surface area contributed by atoms with Crippen molar-refractivity contribution in [1.82, 2.24) is 0 Å². The van der Waals surface area contributed by atoms with Gasteiger partial charge < -0.3 is 0 Å². The van der Waals surface area contributed by atoms with E-state index in [0.29, 0.717) is 5.69 Å². The van der Waals surface area contributed by atoms with Crippen LogP contribution in [0.1, 0.15) is 13.8 Å². The molecule has 112 valence electrons. The lowest BCUT2D eigenvalue weighted by Gasteiger charge is -2.19. The molecule has 2 amide bonds. The minimum absolute atomic E-state index is 0.0346. The van der Waals surface area contributed by atoms with E-state index < -0.39 is 0 Å². The Balaban J connectivity index is 1.78. The van der Waals surface area contributed by atoms with Crippen LogP contribution in [0.5, 0.6) is 0 Å². The van der Waals surface area contributed by atoms with Crippen LogP contribution in [0, 0.1) is 27.2 Å². The second kappa shape index (κ2) is 4.78. The van der Waals surface area contributed by atoms with Crippen molar-refractivity contribution < 1.29 is 9.59 Å². The largest absolute Gasteiger partial charge is 0.274 e. The molecule has 0 spiro atoms. The summed E-state index contributed by atoms with van der Waals surface area (Å²) in [5.41, 5.74) is 3.24. The molecule has 3 aliphatic rings. The summed E-state index contributed by atoms with van der Waals surface area (Å²) in [7, 11) is 0. The molecule has 3 nitrogen and oxygen atoms in total. The van der Waals surface area contributed by atoms with Gasteiger partial charge in [-0.3, -0.25) is 9.59 Å². The first-order valence-corrected chi connectivity index (χ1v) is 8.57. The van der Waals surface area contributed by atoms with E-state index in [2.05, 4.69) is 48.6 Å². The zero-order chi connectivity index (χ0) is 15.6. The summed E-state index contributed by atoms with van der Waals surface area (Å²) in [4.78, 5) is 27.2. The minimum Gasteiger partial charge on any atom is -0.274 e. The van der Waals surface area contributed by atoms with Crippen molar-refractivity contribution in [3.05, 3.63) is 51.1 Å². The number of hydrogen-bond donors (Lipinski definition) is 0. The first-order chi connectivity index (χ1) is 10.5. The molecular formula is C18H16INO2. The van der Waals surface area contributed by atoms with Gasteiger partial charge in [0.05, 0.1) is 17.5 Å². The van der Waals surface area contributed by atoms with Crippen LogP contribution >= 0.6 is 22.6 Å². The molecule has 22 heavy (non-hydrogen) atoms. The molecule has 1 heterocycles. The van der Waals surface area contributed by atoms with Gasteiger partial charge in [-0.25, -0.2) is 4.90 Å². The highest BCUT2D eigenvalue weighted by atomic mass is 127. The zero-order valence-electron chi connectivity index (χ0n) is 12.4. The summed E-state index contributed by atoms with van der Waals surface area (Å²) in [5.74, 6) is -0.246. The summed E-state index contributed by atoms with van der Waals surface area (Å²) in [6.07, 6.45) is 4.25. The van der Waals surface area contributed by atoms with Gasteiger partial charge in [0.2, 0.25) is 11.8 Å². The summed E-state index contributed by atoms with van der Waals surface area (Å²) in [6, 6.07) is 7.59. The van der Waals surface area contributed by atoms with Crippen LogP contribution in [0.15, 0.2) is 47.6 Å². The van der Waals surface area contributed by atoms with Gasteiger partial charge in [0.15, 0.2) is 0 Å². The molecule has 1 aromatic carbocycles. The van der Waals surface area contributed by atoms with E-state index in [1.807, 2.05) is 24.3 Å². The lowest BCUT2D eigenvalue weighted by atomic mass is 9.85. The average molecular weight is 405 g/mol. The molecule has 2 fully saturated rings. The Morgan fingerprint density at radius 3 is 2.14 bits per heavy atom. The van der Waals surface area contributed by atoms with Crippen LogP contribution < -0.4 is 4.90 Å². The van der Waals surface area contributed by atoms with Crippen LogP contribution in [-0.4, -0.2) is 11.8 Å². The Bertz CT molecular complexity index is 726. The second-order valence-corrected chi connectivity index (χ2v) is 7.68. The second-order valence-electron chi connectivity index (χ2n) is 6.44. The molecule has 0 aromatic heterocycles. The zero-order valence-corrected chi connectivity index (χ0v) is 14.6. The number of amides is 2. The van der Waals surface area contributed by atoms with Gasteiger partial charge in [-0.2, -0.15) is 0 Å². The SMILES string of the molecule is CC(C)=C1[C@H]2C=C[C@@H]1[C@@H]1C(=O)N(c3cccc(I)c3)C(=O)[C@H]12. The number of imide groups is 1. The number of anilines is 1. The minimum atomic E-state index is -0.203. The summed E-state index contributed by atoms with van der Waals surface area (Å²) in [6.45, 7) is 4.16. The lowest BCUT2D eigenvalue weighted by molar-refractivity contribution is -0.122. The molecule has 0 N–H and O–H groups in total. The monoisotopic (exact) mass is 405 g/mol. The smallest absolute Gasteiger partial charge is 0.238 e. The Hall–Kier alpha value is -1.43. The van der Waals surface area contributed by atoms with Gasteiger partial charge in [-0.1, -0.05) is 29.4 Å². The molecule has 2 bridgehead atoms. The van der Waals surface area contributed by atoms with E-state index in [0.717, 1.165) is 3.57 Å². The fraction of sp³-hybridized carbons (Fsp3) is 0.333. The van der Waals surface area contributed by atoms with Crippen LogP contribution in [0.3, 0.4) is 0 Å². The number of halogens is 1. The van der Waals surface area contributed by atoms with Gasteiger partial charge in [0, 0.05) is 15.4 Å². The number of carbonyl (C=O) groups is 2. The highest BCUT2D eigenvalue weighted by molar-refractivity contribution is 14.1. The van der Waals surface area contributed by atoms with E-state index in [9.17, 15) is 9.59 Å². The Labute approximate surface area is 143 Å². The highest BCUT2D eigenvalue weighted by Crippen LogP contribution is 2.57. The summed E-state index contributed by atoms with van der Waals surface area (Å²) < 4.78 is 1.03. The summed E-state index contributed by atoms with van der Waals surface area (Å²) in [5, 5.41) is 0. The predicted molar refractivity (Wildman–Crippen MR) is 93.1 cm³/mol. The standard InChI is InChI=1S/C18H16INO2/c1-9(2)14-12-6-7-13(14)16-15(12)17(21)20(18(16)22)11-5-3-4-10(19)8-11/h3-8,12-13,15-16H,1-2H3/t12-,13+,15-,16-/m0/s1. The van der Waals surface area contributed by atoms with Crippen molar-refractivity contribution in [2.45, 2.75) is 13.8 Å². The fourth-order valence-corrected chi connectivity index (χ4v) is 4.83. The van der Waals surface area contributed by atoms with Crippen LogP contribution in [0.4, 0.5) is 5.69 Å². The van der Waals surface area contributed by atoms with Crippen molar-refractivity contribution in [1.29, 1.82) is 0 Å². The van der Waals surface area contributed by atoms with Crippen LogP contribution in [0.2, 0.25) is 0 Å². The molecule has 2 aliphatic carbocycles. The number of nitrogens with zero attached hydrogens (tertiary/aromatic N) is 1. The van der Waals surface area contributed by atoms with E-state index in [-0.39, 0.29) is 35.5 Å². The van der Waals surface area contributed by atoms with Crippen molar-refractivity contribution in [3.8, 4) is 0 Å². The van der Waals surface area contributed by atoms with Crippen LogP contribution in [-0.2, 0) is 9.59 Å². The molecule has 1 aliphatic heterocycles. The topological polar surface area (TPSA) is 37.4 Å². The molecule has 0 radical (unpaired) electrons. The average Bonchev–Trinajstić information content (AvgIpc) is 3.09. The Morgan fingerprint density at radius 2 is 1.64 bits per heavy atom. The number of benzene rings is 1. The van der Waals surface area contributed by atoms with E-state index in [1.54, 1.807) is 0 Å². The maximum atomic E-state index is 12.9. The van der Waals surface area contributed by atoms with Gasteiger partial charge >= 0.3 is 0 Å². The number of fused-ring (bicyclic) bond motifs is 5. The van der Waals surface area contributed by atoms with E-state index >= 15 is 0 Å². The number of allylic oxidation sites excluding steroid dienone is 4. The Morgan fingerprint density at radius 1 is 1.05 bits per heavy atom. The molecule has 1 saturated carbocycles. The van der Waals surface area contributed by atoms with E-state index in [1.165, 1.54) is 16.0 Å². The fourth-order valence-electron chi connectivity index (χ4n) is 4.30. The Kier molecular flexibility index (Phi) is 3.08. The van der Waals surface area contributed by atoms with Gasteiger partial charge in [-0.05, 0) is 54.6 Å². The van der Waals surface area contributed by atoms with E-state index in [4.69, 9.17) is 0 Å². The van der Waals surface area contributed by atoms with Gasteiger partial charge in [-0.15, -0.1) is 0 Å². The lowest BCUT2D eigenvalue weighted by Crippen LogP contribution is -2.33. The molecule has 0 unspecified atom stereocenters. The molecule has 1 aromatic rings. The molecular weight excluding hydrogens is 389 g/mol. The molecule has 4 rings (SSSR count). The number of rotatable bonds is 1.